The molecule has 0 saturated carbocycles. The number of rotatable bonds is 8. The van der Waals surface area contributed by atoms with Crippen molar-refractivity contribution in [3.05, 3.63) is 24.3 Å². The number of anilines is 2. The van der Waals surface area contributed by atoms with Gasteiger partial charge in [-0.1, -0.05) is 20.8 Å². The highest BCUT2D eigenvalue weighted by Crippen LogP contribution is 2.24. The van der Waals surface area contributed by atoms with Crippen LogP contribution in [0.15, 0.2) is 24.3 Å². The van der Waals surface area contributed by atoms with E-state index in [-0.39, 0.29) is 24.8 Å². The predicted molar refractivity (Wildman–Crippen MR) is 112 cm³/mol. The zero-order valence-electron chi connectivity index (χ0n) is 16.9. The Morgan fingerprint density at radius 3 is 2.33 bits per heavy atom. The molecule has 1 heterocycles. The second-order valence-corrected chi connectivity index (χ2v) is 10.0. The summed E-state index contributed by atoms with van der Waals surface area (Å²) in [7, 11) is -3.30. The van der Waals surface area contributed by atoms with Gasteiger partial charge in [-0.2, -0.15) is 0 Å². The molecule has 1 aromatic carbocycles. The Kier molecular flexibility index (Phi) is 7.68. The van der Waals surface area contributed by atoms with Gasteiger partial charge in [0.2, 0.25) is 15.9 Å². The molecule has 6 nitrogen and oxygen atoms in total. The maximum absolute atomic E-state index is 12.2. The van der Waals surface area contributed by atoms with Crippen molar-refractivity contribution >= 4 is 27.3 Å². The first-order valence-electron chi connectivity index (χ1n) is 9.75. The number of carbonyl (C=O) groups is 1. The number of hydrogen-bond acceptors (Lipinski definition) is 4. The van der Waals surface area contributed by atoms with E-state index in [0.717, 1.165) is 24.7 Å². The molecule has 1 aliphatic rings. The Morgan fingerprint density at radius 2 is 1.81 bits per heavy atom. The van der Waals surface area contributed by atoms with Gasteiger partial charge < -0.3 is 10.2 Å². The average molecular weight is 396 g/mol. The summed E-state index contributed by atoms with van der Waals surface area (Å²) in [6.07, 6.45) is 3.76. The van der Waals surface area contributed by atoms with E-state index in [2.05, 4.69) is 17.1 Å². The number of benzene rings is 1. The third-order valence-electron chi connectivity index (χ3n) is 4.93. The summed E-state index contributed by atoms with van der Waals surface area (Å²) < 4.78 is 25.0. The van der Waals surface area contributed by atoms with Crippen LogP contribution < -0.4 is 10.2 Å². The van der Waals surface area contributed by atoms with Crippen molar-refractivity contribution in [1.82, 2.24) is 4.31 Å². The molecular weight excluding hydrogens is 362 g/mol. The first-order valence-corrected chi connectivity index (χ1v) is 11.6. The molecule has 1 aromatic rings. The second kappa shape index (κ2) is 9.55. The van der Waals surface area contributed by atoms with E-state index in [1.807, 2.05) is 38.1 Å². The van der Waals surface area contributed by atoms with Crippen LogP contribution in [0.25, 0.3) is 0 Å². The zero-order chi connectivity index (χ0) is 20.0. The maximum Gasteiger partial charge on any atom is 0.225 e. The number of nitrogens with one attached hydrogen (secondary N) is 1. The van der Waals surface area contributed by atoms with Crippen LogP contribution >= 0.6 is 0 Å². The van der Waals surface area contributed by atoms with Gasteiger partial charge in [-0.05, 0) is 48.9 Å². The first kappa shape index (κ1) is 21.7. The first-order chi connectivity index (χ1) is 12.6. The van der Waals surface area contributed by atoms with Crippen molar-refractivity contribution in [2.75, 3.05) is 42.7 Å². The predicted octanol–water partition coefficient (Wildman–Crippen LogP) is 3.17. The highest BCUT2D eigenvalue weighted by atomic mass is 32.2. The van der Waals surface area contributed by atoms with Gasteiger partial charge in [0.1, 0.15) is 0 Å². The van der Waals surface area contributed by atoms with Crippen molar-refractivity contribution in [3.63, 3.8) is 0 Å². The quantitative estimate of drug-likeness (QED) is 0.734. The Bertz CT molecular complexity index is 708. The van der Waals surface area contributed by atoms with Crippen molar-refractivity contribution in [1.29, 1.82) is 0 Å². The highest BCUT2D eigenvalue weighted by Gasteiger charge is 2.19. The van der Waals surface area contributed by atoms with E-state index in [0.29, 0.717) is 6.54 Å². The second-order valence-electron chi connectivity index (χ2n) is 8.03. The van der Waals surface area contributed by atoms with Gasteiger partial charge in [0.05, 0.1) is 6.26 Å². The van der Waals surface area contributed by atoms with Crippen LogP contribution in [-0.2, 0) is 14.8 Å². The molecule has 1 aliphatic heterocycles. The summed E-state index contributed by atoms with van der Waals surface area (Å²) in [5, 5.41) is 2.86. The highest BCUT2D eigenvalue weighted by molar-refractivity contribution is 7.88. The van der Waals surface area contributed by atoms with E-state index in [9.17, 15) is 13.2 Å². The minimum atomic E-state index is -3.30. The van der Waals surface area contributed by atoms with Crippen LogP contribution in [0.4, 0.5) is 11.4 Å². The average Bonchev–Trinajstić information content (AvgIpc) is 2.59. The molecule has 0 spiro atoms. The summed E-state index contributed by atoms with van der Waals surface area (Å²) in [5.74, 6) is 0.835. The molecule has 1 saturated heterocycles. The van der Waals surface area contributed by atoms with Crippen molar-refractivity contribution in [3.8, 4) is 0 Å². The molecule has 27 heavy (non-hydrogen) atoms. The van der Waals surface area contributed by atoms with Gasteiger partial charge in [0.15, 0.2) is 0 Å². The lowest BCUT2D eigenvalue weighted by Crippen LogP contribution is -2.35. The van der Waals surface area contributed by atoms with Gasteiger partial charge in [-0.25, -0.2) is 12.7 Å². The third kappa shape index (κ3) is 7.14. The fourth-order valence-corrected chi connectivity index (χ4v) is 4.26. The van der Waals surface area contributed by atoms with Crippen LogP contribution in [0, 0.1) is 11.8 Å². The zero-order valence-corrected chi connectivity index (χ0v) is 17.8. The topological polar surface area (TPSA) is 69.7 Å². The number of amides is 1. The SMILES string of the molecule is CC(C)CN(CCC(=O)Nc1ccc(N2CCC(C)CC2)cc1)S(C)(=O)=O. The molecule has 7 heteroatoms. The molecule has 0 radical (unpaired) electrons. The Morgan fingerprint density at radius 1 is 1.22 bits per heavy atom. The molecule has 2 rings (SSSR count). The molecule has 0 bridgehead atoms. The van der Waals surface area contributed by atoms with E-state index in [1.54, 1.807) is 0 Å². The fourth-order valence-electron chi connectivity index (χ4n) is 3.27. The Labute approximate surface area is 164 Å². The molecular formula is C20H33N3O3S. The fraction of sp³-hybridized carbons (Fsp3) is 0.650. The van der Waals surface area contributed by atoms with Gasteiger partial charge in [0, 0.05) is 44.0 Å². The van der Waals surface area contributed by atoms with Gasteiger partial charge in [-0.3, -0.25) is 4.79 Å². The van der Waals surface area contributed by atoms with E-state index < -0.39 is 10.0 Å². The summed E-state index contributed by atoms with van der Waals surface area (Å²) in [6.45, 7) is 8.99. The van der Waals surface area contributed by atoms with E-state index in [1.165, 1.54) is 29.1 Å². The summed E-state index contributed by atoms with van der Waals surface area (Å²) >= 11 is 0. The molecule has 1 N–H and O–H groups in total. The Hall–Kier alpha value is -1.60. The molecule has 152 valence electrons. The number of carbonyl (C=O) groups excluding carboxylic acids is 1. The van der Waals surface area contributed by atoms with Gasteiger partial charge in [-0.15, -0.1) is 0 Å². The molecule has 0 atom stereocenters. The number of nitrogens with zero attached hydrogens (tertiary/aromatic N) is 2. The number of sulfonamides is 1. The minimum absolute atomic E-state index is 0.144. The summed E-state index contributed by atoms with van der Waals surface area (Å²) in [6, 6.07) is 7.89. The molecule has 0 aromatic heterocycles. The van der Waals surface area contributed by atoms with E-state index >= 15 is 0 Å². The molecule has 1 amide bonds. The Balaban J connectivity index is 1.86. The lowest BCUT2D eigenvalue weighted by molar-refractivity contribution is -0.116. The smallest absolute Gasteiger partial charge is 0.225 e. The van der Waals surface area contributed by atoms with Crippen LogP contribution in [0.2, 0.25) is 0 Å². The van der Waals surface area contributed by atoms with Crippen LogP contribution in [-0.4, -0.2) is 51.1 Å². The minimum Gasteiger partial charge on any atom is -0.372 e. The van der Waals surface area contributed by atoms with Crippen LogP contribution in [0.1, 0.15) is 40.0 Å². The standard InChI is InChI=1S/C20H33N3O3S/c1-16(2)15-23(27(4,25)26)14-11-20(24)21-18-5-7-19(8-6-18)22-12-9-17(3)10-13-22/h5-8,16-17H,9-15H2,1-4H3,(H,21,24). The molecule has 0 unspecified atom stereocenters. The largest absolute Gasteiger partial charge is 0.372 e. The molecule has 0 aliphatic carbocycles. The van der Waals surface area contributed by atoms with Crippen molar-refractivity contribution in [2.24, 2.45) is 11.8 Å². The monoisotopic (exact) mass is 395 g/mol. The lowest BCUT2D eigenvalue weighted by atomic mass is 9.99. The van der Waals surface area contributed by atoms with Gasteiger partial charge >= 0.3 is 0 Å². The van der Waals surface area contributed by atoms with Crippen LogP contribution in [0.3, 0.4) is 0 Å². The maximum atomic E-state index is 12.2. The summed E-state index contributed by atoms with van der Waals surface area (Å²) in [5.41, 5.74) is 1.92. The van der Waals surface area contributed by atoms with E-state index in [4.69, 9.17) is 0 Å². The van der Waals surface area contributed by atoms with Crippen molar-refractivity contribution < 1.29 is 13.2 Å². The number of hydrogen-bond donors (Lipinski definition) is 1. The summed E-state index contributed by atoms with van der Waals surface area (Å²) in [4.78, 5) is 14.6. The third-order valence-corrected chi connectivity index (χ3v) is 6.20. The molecule has 1 fully saturated rings. The van der Waals surface area contributed by atoms with Gasteiger partial charge in [0.25, 0.3) is 0 Å². The van der Waals surface area contributed by atoms with Crippen LogP contribution in [0.5, 0.6) is 0 Å². The lowest BCUT2D eigenvalue weighted by Gasteiger charge is -2.32. The normalized spacial score (nSPS) is 16.1. The number of piperidine rings is 1. The van der Waals surface area contributed by atoms with Crippen molar-refractivity contribution in [2.45, 2.75) is 40.0 Å².